The molecule has 0 spiro atoms. The van der Waals surface area contributed by atoms with Crippen molar-refractivity contribution in [3.8, 4) is 0 Å². The normalized spacial score (nSPS) is 10.2. The molecule has 0 fully saturated rings. The summed E-state index contributed by atoms with van der Waals surface area (Å²) in [7, 11) is 0. The predicted octanol–water partition coefficient (Wildman–Crippen LogP) is 2.28. The van der Waals surface area contributed by atoms with Crippen molar-refractivity contribution >= 4 is 22.6 Å². The number of carbonyl (C=O) groups is 1. The molecule has 1 aromatic heterocycles. The molecule has 0 saturated heterocycles. The summed E-state index contributed by atoms with van der Waals surface area (Å²) in [6, 6.07) is 9.62. The molecule has 1 heterocycles. The van der Waals surface area contributed by atoms with Crippen molar-refractivity contribution in [1.82, 2.24) is 9.36 Å². The number of carbonyl (C=O) groups excluding carboxylic acids is 1. The van der Waals surface area contributed by atoms with Crippen molar-refractivity contribution in [3.63, 3.8) is 0 Å². The van der Waals surface area contributed by atoms with Gasteiger partial charge in [0.1, 0.15) is 5.82 Å². The molecule has 4 nitrogen and oxygen atoms in total. The Hall–Kier alpha value is -1.75. The van der Waals surface area contributed by atoms with Crippen LogP contribution in [-0.4, -0.2) is 15.3 Å². The summed E-state index contributed by atoms with van der Waals surface area (Å²) in [5, 5.41) is 3.32. The van der Waals surface area contributed by atoms with Gasteiger partial charge in [0.15, 0.2) is 0 Å². The number of aryl methyl sites for hydroxylation is 1. The zero-order chi connectivity index (χ0) is 12.1. The molecule has 0 radical (unpaired) electrons. The van der Waals surface area contributed by atoms with E-state index in [-0.39, 0.29) is 5.91 Å². The number of nitrogens with zero attached hydrogens (tertiary/aromatic N) is 2. The van der Waals surface area contributed by atoms with E-state index in [0.717, 1.165) is 17.8 Å². The highest BCUT2D eigenvalue weighted by molar-refractivity contribution is 7.09. The third-order valence-corrected chi connectivity index (χ3v) is 2.91. The van der Waals surface area contributed by atoms with Gasteiger partial charge in [-0.1, -0.05) is 37.3 Å². The van der Waals surface area contributed by atoms with Crippen LogP contribution in [-0.2, 0) is 17.6 Å². The lowest BCUT2D eigenvalue weighted by Gasteiger charge is -2.00. The van der Waals surface area contributed by atoms with Crippen LogP contribution in [0.2, 0.25) is 0 Å². The Bertz CT molecular complexity index is 495. The summed E-state index contributed by atoms with van der Waals surface area (Å²) in [6.07, 6.45) is 1.15. The SMILES string of the molecule is CCc1nsc(NC(=O)Cc2ccccc2)n1. The second-order valence-corrected chi connectivity index (χ2v) is 4.33. The molecule has 2 aromatic rings. The summed E-state index contributed by atoms with van der Waals surface area (Å²) in [6.45, 7) is 1.98. The summed E-state index contributed by atoms with van der Waals surface area (Å²) < 4.78 is 4.11. The largest absolute Gasteiger partial charge is 0.300 e. The average molecular weight is 247 g/mol. The van der Waals surface area contributed by atoms with Gasteiger partial charge in [0.2, 0.25) is 11.0 Å². The molecule has 0 unspecified atom stereocenters. The molecule has 5 heteroatoms. The second-order valence-electron chi connectivity index (χ2n) is 3.58. The van der Waals surface area contributed by atoms with E-state index in [1.807, 2.05) is 37.3 Å². The third kappa shape index (κ3) is 3.35. The molecule has 0 aliphatic rings. The maximum Gasteiger partial charge on any atom is 0.230 e. The second kappa shape index (κ2) is 5.54. The van der Waals surface area contributed by atoms with Crippen LogP contribution in [0, 0.1) is 0 Å². The zero-order valence-electron chi connectivity index (χ0n) is 9.51. The monoisotopic (exact) mass is 247 g/mol. The highest BCUT2D eigenvalue weighted by atomic mass is 32.1. The van der Waals surface area contributed by atoms with Crippen LogP contribution in [0.4, 0.5) is 5.13 Å². The van der Waals surface area contributed by atoms with E-state index in [2.05, 4.69) is 14.7 Å². The number of hydrogen-bond acceptors (Lipinski definition) is 4. The first kappa shape index (κ1) is 11.7. The van der Waals surface area contributed by atoms with E-state index in [9.17, 15) is 4.79 Å². The molecule has 0 aliphatic carbocycles. The van der Waals surface area contributed by atoms with E-state index in [4.69, 9.17) is 0 Å². The lowest BCUT2D eigenvalue weighted by molar-refractivity contribution is -0.115. The van der Waals surface area contributed by atoms with Crippen LogP contribution in [0.5, 0.6) is 0 Å². The van der Waals surface area contributed by atoms with E-state index >= 15 is 0 Å². The zero-order valence-corrected chi connectivity index (χ0v) is 10.3. The summed E-state index contributed by atoms with van der Waals surface area (Å²) in [5.74, 6) is 0.708. The average Bonchev–Trinajstić information content (AvgIpc) is 2.78. The van der Waals surface area contributed by atoms with Crippen molar-refractivity contribution < 1.29 is 4.79 Å². The number of amides is 1. The number of rotatable bonds is 4. The first-order valence-electron chi connectivity index (χ1n) is 5.44. The fourth-order valence-corrected chi connectivity index (χ4v) is 2.06. The molecule has 0 aliphatic heterocycles. The Morgan fingerprint density at radius 1 is 1.35 bits per heavy atom. The van der Waals surface area contributed by atoms with Gasteiger partial charge in [-0.25, -0.2) is 4.98 Å². The van der Waals surface area contributed by atoms with Crippen molar-refractivity contribution in [2.24, 2.45) is 0 Å². The Balaban J connectivity index is 1.93. The molecule has 88 valence electrons. The van der Waals surface area contributed by atoms with Gasteiger partial charge < -0.3 is 5.32 Å². The van der Waals surface area contributed by atoms with Gasteiger partial charge in [0.25, 0.3) is 0 Å². The summed E-state index contributed by atoms with van der Waals surface area (Å²) >= 11 is 1.22. The van der Waals surface area contributed by atoms with Crippen molar-refractivity contribution in [3.05, 3.63) is 41.7 Å². The number of anilines is 1. The minimum absolute atomic E-state index is 0.0602. The fraction of sp³-hybridized carbons (Fsp3) is 0.250. The first-order valence-corrected chi connectivity index (χ1v) is 6.21. The molecular weight excluding hydrogens is 234 g/mol. The maximum absolute atomic E-state index is 11.7. The van der Waals surface area contributed by atoms with Crippen LogP contribution in [0.15, 0.2) is 30.3 Å². The third-order valence-electron chi connectivity index (χ3n) is 2.24. The highest BCUT2D eigenvalue weighted by Gasteiger charge is 2.07. The number of benzene rings is 1. The maximum atomic E-state index is 11.7. The van der Waals surface area contributed by atoms with Gasteiger partial charge in [-0.2, -0.15) is 4.37 Å². The number of nitrogens with one attached hydrogen (secondary N) is 1. The van der Waals surface area contributed by atoms with Crippen LogP contribution in [0.25, 0.3) is 0 Å². The smallest absolute Gasteiger partial charge is 0.230 e. The van der Waals surface area contributed by atoms with Crippen LogP contribution < -0.4 is 5.32 Å². The van der Waals surface area contributed by atoms with E-state index in [0.29, 0.717) is 11.6 Å². The molecule has 0 saturated carbocycles. The van der Waals surface area contributed by atoms with Gasteiger partial charge >= 0.3 is 0 Å². The summed E-state index contributed by atoms with van der Waals surface area (Å²) in [4.78, 5) is 15.9. The van der Waals surface area contributed by atoms with Gasteiger partial charge in [-0.05, 0) is 5.56 Å². The Morgan fingerprint density at radius 2 is 2.12 bits per heavy atom. The molecule has 1 aromatic carbocycles. The Morgan fingerprint density at radius 3 is 2.76 bits per heavy atom. The first-order chi connectivity index (χ1) is 8.28. The van der Waals surface area contributed by atoms with Crippen LogP contribution >= 0.6 is 11.5 Å². The molecule has 2 rings (SSSR count). The molecule has 17 heavy (non-hydrogen) atoms. The lowest BCUT2D eigenvalue weighted by Crippen LogP contribution is -2.14. The highest BCUT2D eigenvalue weighted by Crippen LogP contribution is 2.11. The fourth-order valence-electron chi connectivity index (χ4n) is 1.39. The summed E-state index contributed by atoms with van der Waals surface area (Å²) in [5.41, 5.74) is 0.991. The van der Waals surface area contributed by atoms with Crippen molar-refractivity contribution in [2.75, 3.05) is 5.32 Å². The Kier molecular flexibility index (Phi) is 3.82. The van der Waals surface area contributed by atoms with Gasteiger partial charge in [-0.15, -0.1) is 0 Å². The molecule has 1 amide bonds. The molecular formula is C12H13N3OS. The molecule has 1 N–H and O–H groups in total. The predicted molar refractivity (Wildman–Crippen MR) is 68.1 cm³/mol. The van der Waals surface area contributed by atoms with Crippen molar-refractivity contribution in [1.29, 1.82) is 0 Å². The van der Waals surface area contributed by atoms with E-state index in [1.165, 1.54) is 11.5 Å². The van der Waals surface area contributed by atoms with Crippen LogP contribution in [0.1, 0.15) is 18.3 Å². The standard InChI is InChI=1S/C12H13N3OS/c1-2-10-13-12(17-15-10)14-11(16)8-9-6-4-3-5-7-9/h3-7H,2,8H2,1H3,(H,13,14,15,16). The minimum atomic E-state index is -0.0602. The van der Waals surface area contributed by atoms with E-state index in [1.54, 1.807) is 0 Å². The van der Waals surface area contributed by atoms with Gasteiger partial charge in [-0.3, -0.25) is 4.79 Å². The minimum Gasteiger partial charge on any atom is -0.300 e. The lowest BCUT2D eigenvalue weighted by atomic mass is 10.1. The molecule has 0 atom stereocenters. The number of hydrogen-bond donors (Lipinski definition) is 1. The van der Waals surface area contributed by atoms with Crippen LogP contribution in [0.3, 0.4) is 0 Å². The van der Waals surface area contributed by atoms with Gasteiger partial charge in [0, 0.05) is 18.0 Å². The quantitative estimate of drug-likeness (QED) is 0.901. The number of aromatic nitrogens is 2. The Labute approximate surface area is 104 Å². The van der Waals surface area contributed by atoms with E-state index < -0.39 is 0 Å². The topological polar surface area (TPSA) is 54.9 Å². The van der Waals surface area contributed by atoms with Gasteiger partial charge in [0.05, 0.1) is 6.42 Å². The van der Waals surface area contributed by atoms with Crippen molar-refractivity contribution in [2.45, 2.75) is 19.8 Å². The molecule has 0 bridgehead atoms.